The number of halogens is 1. The van der Waals surface area contributed by atoms with Crippen LogP contribution in [-0.4, -0.2) is 23.6 Å². The Balaban J connectivity index is 2.18. The lowest BCUT2D eigenvalue weighted by atomic mass is 10.2. The highest BCUT2D eigenvalue weighted by molar-refractivity contribution is 6.30. The number of anilines is 2. The summed E-state index contributed by atoms with van der Waals surface area (Å²) in [5.74, 6) is 1.56. The third-order valence-corrected chi connectivity index (χ3v) is 3.11. The maximum Gasteiger partial charge on any atom is 0.224 e. The van der Waals surface area contributed by atoms with Crippen molar-refractivity contribution in [2.75, 3.05) is 23.8 Å². The number of nitrogens with one attached hydrogen (secondary N) is 1. The summed E-state index contributed by atoms with van der Waals surface area (Å²) in [6.45, 7) is 5.56. The average molecular weight is 291 g/mol. The van der Waals surface area contributed by atoms with Gasteiger partial charge in [-0.2, -0.15) is 4.98 Å². The van der Waals surface area contributed by atoms with Gasteiger partial charge in [0.05, 0.1) is 0 Å². The molecule has 0 spiro atoms. The Morgan fingerprint density at radius 1 is 1.25 bits per heavy atom. The Morgan fingerprint density at radius 2 is 2.05 bits per heavy atom. The van der Waals surface area contributed by atoms with E-state index in [-0.39, 0.29) is 0 Å². The molecule has 20 heavy (non-hydrogen) atoms. The number of rotatable bonds is 5. The van der Waals surface area contributed by atoms with Gasteiger partial charge >= 0.3 is 0 Å². The highest BCUT2D eigenvalue weighted by Gasteiger charge is 2.07. The van der Waals surface area contributed by atoms with Crippen molar-refractivity contribution in [3.05, 3.63) is 46.6 Å². The van der Waals surface area contributed by atoms with Gasteiger partial charge in [-0.05, 0) is 31.5 Å². The molecule has 0 aliphatic rings. The van der Waals surface area contributed by atoms with Crippen LogP contribution in [0.15, 0.2) is 30.3 Å². The molecule has 2 rings (SSSR count). The van der Waals surface area contributed by atoms with E-state index in [1.807, 2.05) is 45.2 Å². The van der Waals surface area contributed by atoms with Crippen molar-refractivity contribution in [3.8, 4) is 0 Å². The van der Waals surface area contributed by atoms with Crippen LogP contribution in [0.2, 0.25) is 5.02 Å². The number of aromatic nitrogens is 2. The molecule has 0 saturated carbocycles. The lowest BCUT2D eigenvalue weighted by molar-refractivity contribution is 0.885. The molecule has 2 aromatic rings. The quantitative estimate of drug-likeness (QED) is 0.915. The van der Waals surface area contributed by atoms with Gasteiger partial charge in [0.1, 0.15) is 5.82 Å². The minimum Gasteiger partial charge on any atom is -0.355 e. The van der Waals surface area contributed by atoms with E-state index in [2.05, 4.69) is 26.3 Å². The van der Waals surface area contributed by atoms with Crippen LogP contribution in [-0.2, 0) is 6.54 Å². The summed E-state index contributed by atoms with van der Waals surface area (Å²) in [5, 5.41) is 3.90. The summed E-state index contributed by atoms with van der Waals surface area (Å²) in [6, 6.07) is 9.84. The van der Waals surface area contributed by atoms with Gasteiger partial charge in [-0.15, -0.1) is 0 Å². The number of hydrogen-bond acceptors (Lipinski definition) is 4. The largest absolute Gasteiger partial charge is 0.355 e. The molecule has 0 radical (unpaired) electrons. The standard InChI is InChI=1S/C15H19ClN4/c1-4-17-15-18-11(2)8-14(19-15)20(3)10-12-6-5-7-13(16)9-12/h5-9H,4,10H2,1-3H3,(H,17,18,19). The maximum absolute atomic E-state index is 6.01. The van der Waals surface area contributed by atoms with E-state index in [1.165, 1.54) is 0 Å². The van der Waals surface area contributed by atoms with Crippen molar-refractivity contribution in [2.45, 2.75) is 20.4 Å². The minimum atomic E-state index is 0.667. The first-order chi connectivity index (χ1) is 9.58. The maximum atomic E-state index is 6.01. The molecule has 0 atom stereocenters. The van der Waals surface area contributed by atoms with E-state index in [0.29, 0.717) is 5.95 Å². The molecule has 0 saturated heterocycles. The van der Waals surface area contributed by atoms with Gasteiger partial charge in [0.2, 0.25) is 5.95 Å². The van der Waals surface area contributed by atoms with Crippen LogP contribution >= 0.6 is 11.6 Å². The predicted octanol–water partition coefficient (Wildman–Crippen LogP) is 3.51. The summed E-state index contributed by atoms with van der Waals surface area (Å²) >= 11 is 6.01. The molecule has 5 heteroatoms. The van der Waals surface area contributed by atoms with Gasteiger partial charge < -0.3 is 10.2 Å². The van der Waals surface area contributed by atoms with Crippen LogP contribution in [0.25, 0.3) is 0 Å². The van der Waals surface area contributed by atoms with Crippen LogP contribution in [0.4, 0.5) is 11.8 Å². The molecule has 0 unspecified atom stereocenters. The molecular weight excluding hydrogens is 272 g/mol. The topological polar surface area (TPSA) is 41.1 Å². The van der Waals surface area contributed by atoms with Crippen molar-refractivity contribution in [2.24, 2.45) is 0 Å². The van der Waals surface area contributed by atoms with E-state index < -0.39 is 0 Å². The highest BCUT2D eigenvalue weighted by Crippen LogP contribution is 2.17. The summed E-state index contributed by atoms with van der Waals surface area (Å²) < 4.78 is 0. The van der Waals surface area contributed by atoms with Crippen molar-refractivity contribution in [3.63, 3.8) is 0 Å². The van der Waals surface area contributed by atoms with Crippen molar-refractivity contribution < 1.29 is 0 Å². The van der Waals surface area contributed by atoms with Crippen molar-refractivity contribution in [1.82, 2.24) is 9.97 Å². The Kier molecular flexibility index (Phi) is 4.79. The molecular formula is C15H19ClN4. The van der Waals surface area contributed by atoms with Crippen LogP contribution in [0.5, 0.6) is 0 Å². The van der Waals surface area contributed by atoms with Crippen LogP contribution in [0.3, 0.4) is 0 Å². The molecule has 106 valence electrons. The predicted molar refractivity (Wildman–Crippen MR) is 84.5 cm³/mol. The van der Waals surface area contributed by atoms with E-state index in [9.17, 15) is 0 Å². The molecule has 0 amide bonds. The minimum absolute atomic E-state index is 0.667. The van der Waals surface area contributed by atoms with Gasteiger partial charge in [0.15, 0.2) is 0 Å². The normalized spacial score (nSPS) is 10.4. The first-order valence-corrected chi connectivity index (χ1v) is 7.01. The second-order valence-electron chi connectivity index (χ2n) is 4.71. The van der Waals surface area contributed by atoms with E-state index in [0.717, 1.165) is 35.2 Å². The van der Waals surface area contributed by atoms with Crippen LogP contribution in [0.1, 0.15) is 18.2 Å². The zero-order chi connectivity index (χ0) is 14.5. The molecule has 1 heterocycles. The molecule has 4 nitrogen and oxygen atoms in total. The average Bonchev–Trinajstić information content (AvgIpc) is 2.38. The lowest BCUT2D eigenvalue weighted by Gasteiger charge is -2.19. The Labute approximate surface area is 124 Å². The first-order valence-electron chi connectivity index (χ1n) is 6.63. The zero-order valence-corrected chi connectivity index (χ0v) is 12.8. The first kappa shape index (κ1) is 14.6. The SMILES string of the molecule is CCNc1nc(C)cc(N(C)Cc2cccc(Cl)c2)n1. The van der Waals surface area contributed by atoms with Gasteiger partial charge in [-0.25, -0.2) is 4.98 Å². The molecule has 1 aromatic heterocycles. The number of nitrogens with zero attached hydrogens (tertiary/aromatic N) is 3. The molecule has 0 aliphatic carbocycles. The van der Waals surface area contributed by atoms with E-state index >= 15 is 0 Å². The van der Waals surface area contributed by atoms with Crippen molar-refractivity contribution >= 4 is 23.4 Å². The second-order valence-corrected chi connectivity index (χ2v) is 5.14. The van der Waals surface area contributed by atoms with Gasteiger partial charge in [-0.3, -0.25) is 0 Å². The fourth-order valence-electron chi connectivity index (χ4n) is 1.97. The third-order valence-electron chi connectivity index (χ3n) is 2.88. The molecule has 0 aliphatic heterocycles. The number of benzene rings is 1. The van der Waals surface area contributed by atoms with Gasteiger partial charge in [0, 0.05) is 36.9 Å². The number of hydrogen-bond donors (Lipinski definition) is 1. The zero-order valence-electron chi connectivity index (χ0n) is 12.0. The molecule has 1 aromatic carbocycles. The second kappa shape index (κ2) is 6.57. The summed E-state index contributed by atoms with van der Waals surface area (Å²) in [5.41, 5.74) is 2.10. The van der Waals surface area contributed by atoms with Crippen LogP contribution in [0, 0.1) is 6.92 Å². The summed E-state index contributed by atoms with van der Waals surface area (Å²) in [4.78, 5) is 11.0. The summed E-state index contributed by atoms with van der Waals surface area (Å²) in [6.07, 6.45) is 0. The molecule has 0 fully saturated rings. The molecule has 0 bridgehead atoms. The highest BCUT2D eigenvalue weighted by atomic mass is 35.5. The van der Waals surface area contributed by atoms with E-state index in [4.69, 9.17) is 11.6 Å². The smallest absolute Gasteiger partial charge is 0.224 e. The Bertz CT molecular complexity index is 586. The lowest BCUT2D eigenvalue weighted by Crippen LogP contribution is -2.19. The fourth-order valence-corrected chi connectivity index (χ4v) is 2.19. The van der Waals surface area contributed by atoms with Gasteiger partial charge in [-0.1, -0.05) is 23.7 Å². The number of aryl methyl sites for hydroxylation is 1. The third kappa shape index (κ3) is 3.84. The van der Waals surface area contributed by atoms with Crippen molar-refractivity contribution in [1.29, 1.82) is 0 Å². The fraction of sp³-hybridized carbons (Fsp3) is 0.333. The Hall–Kier alpha value is -1.81. The monoisotopic (exact) mass is 290 g/mol. The Morgan fingerprint density at radius 3 is 2.75 bits per heavy atom. The van der Waals surface area contributed by atoms with Crippen LogP contribution < -0.4 is 10.2 Å². The van der Waals surface area contributed by atoms with Gasteiger partial charge in [0.25, 0.3) is 0 Å². The molecule has 1 N–H and O–H groups in total. The van der Waals surface area contributed by atoms with E-state index in [1.54, 1.807) is 0 Å². The summed E-state index contributed by atoms with van der Waals surface area (Å²) in [7, 11) is 2.01.